The van der Waals surface area contributed by atoms with Gasteiger partial charge in [-0.2, -0.15) is 0 Å². The van der Waals surface area contributed by atoms with E-state index in [1.165, 1.54) is 4.88 Å². The van der Waals surface area contributed by atoms with Gasteiger partial charge in [-0.05, 0) is 37.1 Å². The molecule has 21 heavy (non-hydrogen) atoms. The van der Waals surface area contributed by atoms with Crippen molar-refractivity contribution in [1.29, 1.82) is 0 Å². The minimum absolute atomic E-state index is 0.161. The fourth-order valence-electron chi connectivity index (χ4n) is 3.49. The second kappa shape index (κ2) is 6.90. The smallest absolute Gasteiger partial charge is 0.223 e. The van der Waals surface area contributed by atoms with E-state index in [-0.39, 0.29) is 12.0 Å². The van der Waals surface area contributed by atoms with Gasteiger partial charge in [0.15, 0.2) is 0 Å². The van der Waals surface area contributed by atoms with Gasteiger partial charge in [0.25, 0.3) is 0 Å². The number of amides is 1. The molecule has 1 saturated heterocycles. The van der Waals surface area contributed by atoms with E-state index in [4.69, 9.17) is 0 Å². The van der Waals surface area contributed by atoms with Crippen LogP contribution in [0.3, 0.4) is 0 Å². The summed E-state index contributed by atoms with van der Waals surface area (Å²) in [6, 6.07) is 4.46. The number of thiophene rings is 1. The van der Waals surface area contributed by atoms with E-state index < -0.39 is 0 Å². The number of aryl methyl sites for hydroxylation is 1. The normalized spacial score (nSPS) is 27.2. The lowest BCUT2D eigenvalue weighted by molar-refractivity contribution is -0.133. The van der Waals surface area contributed by atoms with Gasteiger partial charge in [0.1, 0.15) is 0 Å². The molecule has 1 aliphatic carbocycles. The van der Waals surface area contributed by atoms with E-state index in [9.17, 15) is 9.90 Å². The highest BCUT2D eigenvalue weighted by molar-refractivity contribution is 7.09. The Balaban J connectivity index is 1.43. The minimum Gasteiger partial charge on any atom is -0.391 e. The summed E-state index contributed by atoms with van der Waals surface area (Å²) in [5.41, 5.74) is 0. The van der Waals surface area contributed by atoms with Crippen LogP contribution >= 0.6 is 11.3 Å². The summed E-state index contributed by atoms with van der Waals surface area (Å²) in [6.07, 6.45) is 4.49. The molecule has 2 heterocycles. The van der Waals surface area contributed by atoms with Crippen LogP contribution in [0.15, 0.2) is 17.5 Å². The Labute approximate surface area is 130 Å². The van der Waals surface area contributed by atoms with Gasteiger partial charge in [-0.1, -0.05) is 6.07 Å². The molecule has 5 heteroatoms. The molecule has 1 aromatic rings. The first-order valence-corrected chi connectivity index (χ1v) is 8.84. The van der Waals surface area contributed by atoms with Crippen molar-refractivity contribution in [1.82, 2.24) is 9.80 Å². The molecule has 1 saturated carbocycles. The maximum Gasteiger partial charge on any atom is 0.223 e. The second-order valence-electron chi connectivity index (χ2n) is 6.06. The van der Waals surface area contributed by atoms with Crippen LogP contribution in [0.25, 0.3) is 0 Å². The van der Waals surface area contributed by atoms with Crippen LogP contribution in [0.5, 0.6) is 0 Å². The van der Waals surface area contributed by atoms with Crippen molar-refractivity contribution < 1.29 is 9.90 Å². The Hall–Kier alpha value is -0.910. The van der Waals surface area contributed by atoms with E-state index in [0.29, 0.717) is 12.5 Å². The lowest BCUT2D eigenvalue weighted by Gasteiger charge is -2.39. The summed E-state index contributed by atoms with van der Waals surface area (Å²) in [6.45, 7) is 3.44. The molecule has 0 bridgehead atoms. The standard InChI is InChI=1S/C16H24N2O2S/c19-15-5-1-4-14(15)17-8-10-18(11-9-17)16(20)7-6-13-3-2-12-21-13/h2-3,12,14-15,19H,1,4-11H2/t14-,15-/m0/s1. The molecule has 1 amide bonds. The quantitative estimate of drug-likeness (QED) is 0.921. The average Bonchev–Trinajstić information content (AvgIpc) is 3.16. The van der Waals surface area contributed by atoms with Crippen molar-refractivity contribution in [3.8, 4) is 0 Å². The van der Waals surface area contributed by atoms with E-state index in [0.717, 1.165) is 51.9 Å². The summed E-state index contributed by atoms with van der Waals surface area (Å²) in [7, 11) is 0. The Kier molecular flexibility index (Phi) is 4.93. The summed E-state index contributed by atoms with van der Waals surface area (Å²) in [5, 5.41) is 12.0. The molecule has 2 fully saturated rings. The van der Waals surface area contributed by atoms with E-state index in [2.05, 4.69) is 16.3 Å². The van der Waals surface area contributed by atoms with Crippen LogP contribution in [0.2, 0.25) is 0 Å². The van der Waals surface area contributed by atoms with Crippen LogP contribution in [0, 0.1) is 0 Å². The predicted molar refractivity (Wildman–Crippen MR) is 84.4 cm³/mol. The largest absolute Gasteiger partial charge is 0.391 e. The highest BCUT2D eigenvalue weighted by Crippen LogP contribution is 2.25. The van der Waals surface area contributed by atoms with Crippen molar-refractivity contribution in [2.75, 3.05) is 26.2 Å². The zero-order valence-electron chi connectivity index (χ0n) is 12.4. The lowest BCUT2D eigenvalue weighted by Crippen LogP contribution is -2.53. The molecule has 0 spiro atoms. The number of piperazine rings is 1. The van der Waals surface area contributed by atoms with E-state index >= 15 is 0 Å². The maximum absolute atomic E-state index is 12.2. The number of aliphatic hydroxyl groups excluding tert-OH is 1. The molecule has 1 N–H and O–H groups in total. The third-order valence-corrected chi connectivity index (χ3v) is 5.68. The van der Waals surface area contributed by atoms with Crippen molar-refractivity contribution in [3.05, 3.63) is 22.4 Å². The molecule has 116 valence electrons. The molecule has 0 unspecified atom stereocenters. The number of rotatable bonds is 4. The van der Waals surface area contributed by atoms with Crippen LogP contribution in [0.1, 0.15) is 30.6 Å². The van der Waals surface area contributed by atoms with Gasteiger partial charge in [0.2, 0.25) is 5.91 Å². The predicted octanol–water partition coefficient (Wildman–Crippen LogP) is 1.74. The molecule has 0 radical (unpaired) electrons. The van der Waals surface area contributed by atoms with E-state index in [1.54, 1.807) is 11.3 Å². The zero-order chi connectivity index (χ0) is 14.7. The Morgan fingerprint density at radius 3 is 2.71 bits per heavy atom. The fraction of sp³-hybridized carbons (Fsp3) is 0.688. The van der Waals surface area contributed by atoms with Gasteiger partial charge in [-0.25, -0.2) is 0 Å². The summed E-state index contributed by atoms with van der Waals surface area (Å²) >= 11 is 1.72. The molecule has 4 nitrogen and oxygen atoms in total. The van der Waals surface area contributed by atoms with Gasteiger partial charge in [-0.3, -0.25) is 9.69 Å². The Morgan fingerprint density at radius 1 is 1.29 bits per heavy atom. The van der Waals surface area contributed by atoms with Crippen LogP contribution < -0.4 is 0 Å². The van der Waals surface area contributed by atoms with Crippen molar-refractivity contribution >= 4 is 17.2 Å². The van der Waals surface area contributed by atoms with Gasteiger partial charge in [-0.15, -0.1) is 11.3 Å². The maximum atomic E-state index is 12.2. The van der Waals surface area contributed by atoms with Crippen molar-refractivity contribution in [3.63, 3.8) is 0 Å². The third-order valence-electron chi connectivity index (χ3n) is 4.75. The first-order valence-electron chi connectivity index (χ1n) is 7.96. The molecule has 0 aromatic carbocycles. The summed E-state index contributed by atoms with van der Waals surface area (Å²) < 4.78 is 0. The fourth-order valence-corrected chi connectivity index (χ4v) is 4.20. The molecular weight excluding hydrogens is 284 g/mol. The third kappa shape index (κ3) is 3.65. The summed E-state index contributed by atoms with van der Waals surface area (Å²) in [5.74, 6) is 0.273. The van der Waals surface area contributed by atoms with Gasteiger partial charge >= 0.3 is 0 Å². The second-order valence-corrected chi connectivity index (χ2v) is 7.09. The van der Waals surface area contributed by atoms with Crippen LogP contribution in [-0.4, -0.2) is 59.1 Å². The first-order chi connectivity index (χ1) is 10.2. The van der Waals surface area contributed by atoms with E-state index in [1.807, 2.05) is 11.0 Å². The first kappa shape index (κ1) is 15.0. The van der Waals surface area contributed by atoms with Crippen molar-refractivity contribution in [2.45, 2.75) is 44.2 Å². The van der Waals surface area contributed by atoms with Crippen molar-refractivity contribution in [2.24, 2.45) is 0 Å². The molecule has 2 atom stereocenters. The minimum atomic E-state index is -0.161. The van der Waals surface area contributed by atoms with Crippen LogP contribution in [0.4, 0.5) is 0 Å². The highest BCUT2D eigenvalue weighted by atomic mass is 32.1. The number of nitrogens with zero attached hydrogens (tertiary/aromatic N) is 2. The molecule has 3 rings (SSSR count). The molecular formula is C16H24N2O2S. The van der Waals surface area contributed by atoms with Gasteiger partial charge in [0, 0.05) is 43.5 Å². The Morgan fingerprint density at radius 2 is 2.10 bits per heavy atom. The molecule has 1 aromatic heterocycles. The number of hydrogen-bond acceptors (Lipinski definition) is 4. The molecule has 2 aliphatic rings. The number of aliphatic hydroxyl groups is 1. The summed E-state index contributed by atoms with van der Waals surface area (Å²) in [4.78, 5) is 17.9. The topological polar surface area (TPSA) is 43.8 Å². The monoisotopic (exact) mass is 308 g/mol. The number of carbonyl (C=O) groups excluding carboxylic acids is 1. The average molecular weight is 308 g/mol. The zero-order valence-corrected chi connectivity index (χ0v) is 13.2. The Bertz CT molecular complexity index is 455. The lowest BCUT2D eigenvalue weighted by atomic mass is 10.1. The SMILES string of the molecule is O=C(CCc1cccs1)N1CCN([C@H]2CCC[C@@H]2O)CC1. The highest BCUT2D eigenvalue weighted by Gasteiger charge is 2.33. The van der Waals surface area contributed by atoms with Gasteiger partial charge < -0.3 is 10.0 Å². The van der Waals surface area contributed by atoms with Gasteiger partial charge in [0.05, 0.1) is 6.10 Å². The number of carbonyl (C=O) groups is 1. The molecule has 1 aliphatic heterocycles. The van der Waals surface area contributed by atoms with Crippen LogP contribution in [-0.2, 0) is 11.2 Å². The number of hydrogen-bond donors (Lipinski definition) is 1.